The summed E-state index contributed by atoms with van der Waals surface area (Å²) in [5.41, 5.74) is 5.97. The number of carbonyl (C=O) groups excluding carboxylic acids is 2. The van der Waals surface area contributed by atoms with Gasteiger partial charge in [0.1, 0.15) is 6.61 Å². The number of carboxylic acid groups (broad SMARTS) is 1. The minimum atomic E-state index is -0.889. The van der Waals surface area contributed by atoms with Crippen LogP contribution in [0.15, 0.2) is 72.8 Å². The molecule has 0 bridgehead atoms. The second-order valence-electron chi connectivity index (χ2n) is 8.68. The highest BCUT2D eigenvalue weighted by Crippen LogP contribution is 2.44. The van der Waals surface area contributed by atoms with Crippen molar-refractivity contribution in [3.63, 3.8) is 0 Å². The van der Waals surface area contributed by atoms with Gasteiger partial charge in [0.25, 0.3) is 5.91 Å². The minimum absolute atomic E-state index is 0.00191. The first-order valence-electron chi connectivity index (χ1n) is 11.6. The van der Waals surface area contributed by atoms with Gasteiger partial charge in [-0.2, -0.15) is 0 Å². The molecule has 0 spiro atoms. The minimum Gasteiger partial charge on any atom is -0.481 e. The fraction of sp³-hybridized carbons (Fsp3) is 0.250. The number of hydrogen-bond acceptors (Lipinski definition) is 4. The van der Waals surface area contributed by atoms with Gasteiger partial charge in [0.2, 0.25) is 0 Å². The molecule has 0 fully saturated rings. The van der Waals surface area contributed by atoms with Crippen molar-refractivity contribution >= 4 is 18.0 Å². The number of aliphatic carboxylic acids is 1. The Morgan fingerprint density at radius 2 is 1.51 bits per heavy atom. The van der Waals surface area contributed by atoms with Crippen molar-refractivity contribution in [3.05, 3.63) is 95.1 Å². The van der Waals surface area contributed by atoms with Gasteiger partial charge in [-0.1, -0.05) is 60.7 Å². The van der Waals surface area contributed by atoms with Gasteiger partial charge >= 0.3 is 12.1 Å². The number of nitrogens with one attached hydrogen (secondary N) is 2. The van der Waals surface area contributed by atoms with Gasteiger partial charge in [-0.15, -0.1) is 0 Å². The third-order valence-corrected chi connectivity index (χ3v) is 6.17. The van der Waals surface area contributed by atoms with Crippen molar-refractivity contribution < 1.29 is 24.2 Å². The van der Waals surface area contributed by atoms with Crippen molar-refractivity contribution in [2.75, 3.05) is 6.61 Å². The molecule has 1 atom stereocenters. The summed E-state index contributed by atoms with van der Waals surface area (Å²) in [5, 5.41) is 14.3. The van der Waals surface area contributed by atoms with Crippen LogP contribution in [0, 0.1) is 0 Å². The molecule has 3 aromatic rings. The molecule has 0 saturated heterocycles. The van der Waals surface area contributed by atoms with Gasteiger partial charge in [0.15, 0.2) is 0 Å². The summed E-state index contributed by atoms with van der Waals surface area (Å²) in [6.45, 7) is 2.29. The average Bonchev–Trinajstić information content (AvgIpc) is 3.19. The highest BCUT2D eigenvalue weighted by Gasteiger charge is 2.28. The Labute approximate surface area is 204 Å². The van der Waals surface area contributed by atoms with Crippen molar-refractivity contribution in [2.24, 2.45) is 0 Å². The molecule has 0 aromatic heterocycles. The lowest BCUT2D eigenvalue weighted by molar-refractivity contribution is -0.137. The fourth-order valence-corrected chi connectivity index (χ4v) is 4.32. The molecule has 2 amide bonds. The molecule has 1 unspecified atom stereocenters. The van der Waals surface area contributed by atoms with Crippen LogP contribution >= 0.6 is 0 Å². The normalized spacial score (nSPS) is 12.8. The van der Waals surface area contributed by atoms with E-state index >= 15 is 0 Å². The summed E-state index contributed by atoms with van der Waals surface area (Å²) in [7, 11) is 0. The molecule has 0 radical (unpaired) electrons. The van der Waals surface area contributed by atoms with Gasteiger partial charge in [0.05, 0.1) is 0 Å². The van der Waals surface area contributed by atoms with E-state index in [2.05, 4.69) is 34.9 Å². The Morgan fingerprint density at radius 1 is 0.914 bits per heavy atom. The Bertz CT molecular complexity index is 1180. The van der Waals surface area contributed by atoms with Crippen LogP contribution in [0.3, 0.4) is 0 Å². The van der Waals surface area contributed by atoms with E-state index < -0.39 is 12.1 Å². The van der Waals surface area contributed by atoms with Crippen LogP contribution < -0.4 is 10.6 Å². The zero-order valence-corrected chi connectivity index (χ0v) is 19.5. The molecule has 7 nitrogen and oxygen atoms in total. The van der Waals surface area contributed by atoms with Gasteiger partial charge < -0.3 is 20.5 Å². The van der Waals surface area contributed by atoms with Crippen LogP contribution in [0.25, 0.3) is 11.1 Å². The molecule has 35 heavy (non-hydrogen) atoms. The molecule has 1 aliphatic carbocycles. The van der Waals surface area contributed by atoms with Crippen LogP contribution in [0.1, 0.15) is 52.7 Å². The number of carboxylic acids is 1. The maximum atomic E-state index is 12.4. The van der Waals surface area contributed by atoms with E-state index in [1.165, 1.54) is 11.1 Å². The third-order valence-electron chi connectivity index (χ3n) is 6.17. The maximum Gasteiger partial charge on any atom is 0.407 e. The first kappa shape index (κ1) is 24.0. The van der Waals surface area contributed by atoms with Crippen molar-refractivity contribution in [3.8, 4) is 11.1 Å². The Hall–Kier alpha value is -4.13. The monoisotopic (exact) mass is 472 g/mol. The molecule has 180 valence electrons. The number of benzene rings is 3. The van der Waals surface area contributed by atoms with Crippen LogP contribution in [0.4, 0.5) is 4.79 Å². The lowest BCUT2D eigenvalue weighted by atomic mass is 9.98. The quantitative estimate of drug-likeness (QED) is 0.418. The number of fused-ring (bicyclic) bond motifs is 3. The molecular weight excluding hydrogens is 444 g/mol. The van der Waals surface area contributed by atoms with E-state index in [4.69, 9.17) is 9.84 Å². The van der Waals surface area contributed by atoms with Crippen molar-refractivity contribution in [1.82, 2.24) is 10.6 Å². The first-order valence-corrected chi connectivity index (χ1v) is 11.6. The van der Waals surface area contributed by atoms with Gasteiger partial charge in [0, 0.05) is 30.5 Å². The van der Waals surface area contributed by atoms with Gasteiger partial charge in [-0.3, -0.25) is 9.59 Å². The molecular formula is C28H28N2O5. The van der Waals surface area contributed by atoms with Gasteiger partial charge in [-0.25, -0.2) is 4.79 Å². The molecule has 4 rings (SSSR count). The second kappa shape index (κ2) is 10.9. The molecule has 3 N–H and O–H groups in total. The summed E-state index contributed by atoms with van der Waals surface area (Å²) >= 11 is 0. The van der Waals surface area contributed by atoms with Gasteiger partial charge in [-0.05, 0) is 53.3 Å². The Morgan fingerprint density at radius 3 is 2.11 bits per heavy atom. The number of alkyl carbamates (subject to hydrolysis) is 1. The van der Waals surface area contributed by atoms with E-state index in [-0.39, 0.29) is 37.4 Å². The van der Waals surface area contributed by atoms with E-state index in [1.807, 2.05) is 24.3 Å². The topological polar surface area (TPSA) is 105 Å². The molecule has 0 heterocycles. The summed E-state index contributed by atoms with van der Waals surface area (Å²) in [5.74, 6) is -1.15. The standard InChI is InChI=1S/C28H28N2O5/c1-18(10-15-26(31)32)30-27(33)20-13-11-19(12-14-20)16-29-28(34)35-17-25-23-8-4-2-6-21(23)22-7-3-5-9-24(22)25/h2-9,11-14,18,25H,10,15-17H2,1H3,(H,29,34)(H,30,33)(H,31,32). The average molecular weight is 473 g/mol. The lowest BCUT2D eigenvalue weighted by Crippen LogP contribution is -2.33. The highest BCUT2D eigenvalue weighted by atomic mass is 16.5. The van der Waals surface area contributed by atoms with E-state index in [9.17, 15) is 14.4 Å². The van der Waals surface area contributed by atoms with E-state index in [1.54, 1.807) is 31.2 Å². The van der Waals surface area contributed by atoms with Crippen LogP contribution in [0.2, 0.25) is 0 Å². The number of hydrogen-bond donors (Lipinski definition) is 3. The molecule has 1 aliphatic rings. The summed E-state index contributed by atoms with van der Waals surface area (Å²) in [4.78, 5) is 35.3. The van der Waals surface area contributed by atoms with Crippen LogP contribution in [0.5, 0.6) is 0 Å². The third kappa shape index (κ3) is 5.87. The summed E-state index contributed by atoms with van der Waals surface area (Å²) < 4.78 is 5.55. The molecule has 0 saturated carbocycles. The second-order valence-corrected chi connectivity index (χ2v) is 8.68. The van der Waals surface area contributed by atoms with E-state index in [0.29, 0.717) is 12.0 Å². The highest BCUT2D eigenvalue weighted by molar-refractivity contribution is 5.94. The Kier molecular flexibility index (Phi) is 7.45. The van der Waals surface area contributed by atoms with E-state index in [0.717, 1.165) is 16.7 Å². The number of carbonyl (C=O) groups is 3. The van der Waals surface area contributed by atoms with Crippen molar-refractivity contribution in [2.45, 2.75) is 38.3 Å². The van der Waals surface area contributed by atoms with Crippen molar-refractivity contribution in [1.29, 1.82) is 0 Å². The van der Waals surface area contributed by atoms with Crippen LogP contribution in [-0.4, -0.2) is 35.7 Å². The zero-order valence-electron chi connectivity index (χ0n) is 19.5. The predicted molar refractivity (Wildman–Crippen MR) is 132 cm³/mol. The first-order chi connectivity index (χ1) is 16.9. The predicted octanol–water partition coefficient (Wildman–Crippen LogP) is 4.71. The molecule has 3 aromatic carbocycles. The fourth-order valence-electron chi connectivity index (χ4n) is 4.32. The summed E-state index contributed by atoms with van der Waals surface area (Å²) in [6, 6.07) is 23.0. The molecule has 0 aliphatic heterocycles. The lowest BCUT2D eigenvalue weighted by Gasteiger charge is -2.15. The smallest absolute Gasteiger partial charge is 0.407 e. The largest absolute Gasteiger partial charge is 0.481 e. The number of ether oxygens (including phenoxy) is 1. The zero-order chi connectivity index (χ0) is 24.8. The SMILES string of the molecule is CC(CCC(=O)O)NC(=O)c1ccc(CNC(=O)OCC2c3ccccc3-c3ccccc32)cc1. The number of rotatable bonds is 9. The number of amides is 2. The Balaban J connectivity index is 1.27. The summed E-state index contributed by atoms with van der Waals surface area (Å²) in [6.07, 6.45) is -0.133. The molecule has 7 heteroatoms. The maximum absolute atomic E-state index is 12.4. The van der Waals surface area contributed by atoms with Crippen LogP contribution in [-0.2, 0) is 16.1 Å².